The quantitative estimate of drug-likeness (QED) is 0.749. The van der Waals surface area contributed by atoms with Crippen LogP contribution in [0, 0.1) is 0 Å². The lowest BCUT2D eigenvalue weighted by Crippen LogP contribution is -2.34. The van der Waals surface area contributed by atoms with Crippen molar-refractivity contribution in [2.24, 2.45) is 0 Å². The van der Waals surface area contributed by atoms with Crippen LogP contribution in [0.1, 0.15) is 25.7 Å². The Morgan fingerprint density at radius 2 is 2.09 bits per heavy atom. The second kappa shape index (κ2) is 8.13. The smallest absolute Gasteiger partial charge is 0.148 e. The SMILES string of the molecule is CSc1cncc(N2CCC(OCCN3CCCCC3)C2)n1. The van der Waals surface area contributed by atoms with E-state index >= 15 is 0 Å². The van der Waals surface area contributed by atoms with Gasteiger partial charge in [0.1, 0.15) is 10.8 Å². The monoisotopic (exact) mass is 322 g/mol. The van der Waals surface area contributed by atoms with Gasteiger partial charge in [-0.2, -0.15) is 0 Å². The molecule has 6 heteroatoms. The van der Waals surface area contributed by atoms with Crippen molar-refractivity contribution in [1.29, 1.82) is 0 Å². The lowest BCUT2D eigenvalue weighted by Gasteiger charge is -2.26. The summed E-state index contributed by atoms with van der Waals surface area (Å²) in [5.41, 5.74) is 0. The highest BCUT2D eigenvalue weighted by Gasteiger charge is 2.24. The van der Waals surface area contributed by atoms with Crippen LogP contribution < -0.4 is 4.90 Å². The maximum atomic E-state index is 6.08. The van der Waals surface area contributed by atoms with Crippen LogP contribution >= 0.6 is 11.8 Å². The summed E-state index contributed by atoms with van der Waals surface area (Å²) in [5, 5.41) is 0.979. The molecule has 122 valence electrons. The Labute approximate surface area is 137 Å². The zero-order valence-electron chi connectivity index (χ0n) is 13.4. The summed E-state index contributed by atoms with van der Waals surface area (Å²) in [6.45, 7) is 6.38. The topological polar surface area (TPSA) is 41.5 Å². The van der Waals surface area contributed by atoms with Crippen molar-refractivity contribution in [2.75, 3.05) is 50.5 Å². The van der Waals surface area contributed by atoms with Gasteiger partial charge in [0.2, 0.25) is 0 Å². The third-order valence-corrected chi connectivity index (χ3v) is 5.10. The van der Waals surface area contributed by atoms with E-state index in [1.807, 2.05) is 18.6 Å². The van der Waals surface area contributed by atoms with Crippen molar-refractivity contribution in [3.05, 3.63) is 12.4 Å². The maximum absolute atomic E-state index is 6.08. The summed E-state index contributed by atoms with van der Waals surface area (Å²) in [7, 11) is 0. The number of nitrogens with zero attached hydrogens (tertiary/aromatic N) is 4. The van der Waals surface area contributed by atoms with Gasteiger partial charge in [-0.15, -0.1) is 11.8 Å². The first-order valence-electron chi connectivity index (χ1n) is 8.30. The van der Waals surface area contributed by atoms with Crippen molar-refractivity contribution in [1.82, 2.24) is 14.9 Å². The average molecular weight is 322 g/mol. The van der Waals surface area contributed by atoms with E-state index in [0.717, 1.165) is 43.5 Å². The van der Waals surface area contributed by atoms with Crippen LogP contribution in [0.15, 0.2) is 17.4 Å². The van der Waals surface area contributed by atoms with Crippen molar-refractivity contribution in [3.63, 3.8) is 0 Å². The zero-order chi connectivity index (χ0) is 15.2. The third-order valence-electron chi connectivity index (χ3n) is 4.49. The standard InChI is InChI=1S/C16H26N4OS/c1-22-16-12-17-11-15(18-16)20-8-5-14(13-20)21-10-9-19-6-3-2-4-7-19/h11-12,14H,2-10,13H2,1H3. The lowest BCUT2D eigenvalue weighted by molar-refractivity contribution is 0.0467. The zero-order valence-corrected chi connectivity index (χ0v) is 14.2. The summed E-state index contributed by atoms with van der Waals surface area (Å²) in [5.74, 6) is 0.981. The number of hydrogen-bond donors (Lipinski definition) is 0. The molecule has 5 nitrogen and oxygen atoms in total. The molecular formula is C16H26N4OS. The van der Waals surface area contributed by atoms with Crippen molar-refractivity contribution >= 4 is 17.6 Å². The molecule has 0 radical (unpaired) electrons. The summed E-state index contributed by atoms with van der Waals surface area (Å²) in [6.07, 6.45) is 11.2. The molecule has 3 heterocycles. The van der Waals surface area contributed by atoms with Crippen LogP contribution in [-0.4, -0.2) is 66.6 Å². The predicted molar refractivity (Wildman–Crippen MR) is 90.7 cm³/mol. The van der Waals surface area contributed by atoms with Gasteiger partial charge in [0.05, 0.1) is 25.1 Å². The molecule has 0 aliphatic carbocycles. The lowest BCUT2D eigenvalue weighted by atomic mass is 10.1. The summed E-state index contributed by atoms with van der Waals surface area (Å²) in [6, 6.07) is 0. The predicted octanol–water partition coefficient (Wildman–Crippen LogP) is 2.28. The van der Waals surface area contributed by atoms with E-state index in [4.69, 9.17) is 4.74 Å². The van der Waals surface area contributed by atoms with Crippen LogP contribution in [0.2, 0.25) is 0 Å². The highest BCUT2D eigenvalue weighted by Crippen LogP contribution is 2.21. The number of rotatable bonds is 6. The molecule has 3 rings (SSSR count). The molecule has 1 unspecified atom stereocenters. The second-order valence-electron chi connectivity index (χ2n) is 6.05. The average Bonchev–Trinajstić information content (AvgIpc) is 3.05. The number of aromatic nitrogens is 2. The van der Waals surface area contributed by atoms with Crippen LogP contribution in [0.3, 0.4) is 0 Å². The van der Waals surface area contributed by atoms with Gasteiger partial charge >= 0.3 is 0 Å². The molecule has 0 saturated carbocycles. The molecule has 22 heavy (non-hydrogen) atoms. The molecule has 0 amide bonds. The molecule has 2 aliphatic heterocycles. The number of thioether (sulfide) groups is 1. The van der Waals surface area contributed by atoms with E-state index in [0.29, 0.717) is 6.10 Å². The van der Waals surface area contributed by atoms with E-state index < -0.39 is 0 Å². The van der Waals surface area contributed by atoms with Gasteiger partial charge in [0.15, 0.2) is 0 Å². The fourth-order valence-electron chi connectivity index (χ4n) is 3.19. The molecule has 0 bridgehead atoms. The largest absolute Gasteiger partial charge is 0.375 e. The van der Waals surface area contributed by atoms with Gasteiger partial charge in [-0.1, -0.05) is 6.42 Å². The van der Waals surface area contributed by atoms with E-state index in [2.05, 4.69) is 19.8 Å². The molecule has 0 aromatic carbocycles. The van der Waals surface area contributed by atoms with E-state index in [9.17, 15) is 0 Å². The first-order valence-corrected chi connectivity index (χ1v) is 9.52. The number of likely N-dealkylation sites (tertiary alicyclic amines) is 1. The fourth-order valence-corrected chi connectivity index (χ4v) is 3.54. The van der Waals surface area contributed by atoms with Gasteiger partial charge in [0, 0.05) is 19.6 Å². The van der Waals surface area contributed by atoms with Gasteiger partial charge < -0.3 is 14.5 Å². The molecule has 1 aromatic rings. The first-order chi connectivity index (χ1) is 10.8. The Balaban J connectivity index is 1.41. The number of piperidine rings is 1. The minimum atomic E-state index is 0.338. The Kier molecular flexibility index (Phi) is 5.92. The van der Waals surface area contributed by atoms with Crippen LogP contribution in [0.5, 0.6) is 0 Å². The van der Waals surface area contributed by atoms with Gasteiger partial charge in [-0.25, -0.2) is 4.98 Å². The Hall–Kier alpha value is -0.850. The van der Waals surface area contributed by atoms with Crippen molar-refractivity contribution in [2.45, 2.75) is 36.8 Å². The minimum absolute atomic E-state index is 0.338. The highest BCUT2D eigenvalue weighted by atomic mass is 32.2. The van der Waals surface area contributed by atoms with E-state index in [-0.39, 0.29) is 0 Å². The normalized spacial score (nSPS) is 23.1. The molecule has 2 fully saturated rings. The van der Waals surface area contributed by atoms with Crippen LogP contribution in [0.4, 0.5) is 5.82 Å². The summed E-state index contributed by atoms with van der Waals surface area (Å²) in [4.78, 5) is 13.7. The second-order valence-corrected chi connectivity index (χ2v) is 6.88. The van der Waals surface area contributed by atoms with Crippen LogP contribution in [-0.2, 0) is 4.74 Å². The highest BCUT2D eigenvalue weighted by molar-refractivity contribution is 7.98. The Morgan fingerprint density at radius 3 is 2.91 bits per heavy atom. The third kappa shape index (κ3) is 4.33. The number of ether oxygens (including phenoxy) is 1. The van der Waals surface area contributed by atoms with Crippen molar-refractivity contribution < 1.29 is 4.74 Å². The van der Waals surface area contributed by atoms with Gasteiger partial charge in [-0.05, 0) is 38.6 Å². The van der Waals surface area contributed by atoms with Gasteiger partial charge in [0.25, 0.3) is 0 Å². The first kappa shape index (κ1) is 16.0. The van der Waals surface area contributed by atoms with Gasteiger partial charge in [-0.3, -0.25) is 4.98 Å². The van der Waals surface area contributed by atoms with Crippen LogP contribution in [0.25, 0.3) is 0 Å². The Bertz CT molecular complexity index is 467. The molecule has 0 spiro atoms. The number of hydrogen-bond acceptors (Lipinski definition) is 6. The van der Waals surface area contributed by atoms with E-state index in [1.165, 1.54) is 32.4 Å². The summed E-state index contributed by atoms with van der Waals surface area (Å²) >= 11 is 1.64. The molecule has 0 N–H and O–H groups in total. The maximum Gasteiger partial charge on any atom is 0.148 e. The minimum Gasteiger partial charge on any atom is -0.375 e. The van der Waals surface area contributed by atoms with E-state index in [1.54, 1.807) is 11.8 Å². The molecule has 1 aromatic heterocycles. The summed E-state index contributed by atoms with van der Waals surface area (Å²) < 4.78 is 6.08. The molecular weight excluding hydrogens is 296 g/mol. The fraction of sp³-hybridized carbons (Fsp3) is 0.750. The molecule has 1 atom stereocenters. The Morgan fingerprint density at radius 1 is 1.23 bits per heavy atom. The molecule has 2 saturated heterocycles. The number of anilines is 1. The van der Waals surface area contributed by atoms with Crippen molar-refractivity contribution in [3.8, 4) is 0 Å². The molecule has 2 aliphatic rings.